The minimum atomic E-state index is -0.546. The van der Waals surface area contributed by atoms with Crippen LogP contribution in [0.4, 0.5) is 0 Å². The summed E-state index contributed by atoms with van der Waals surface area (Å²) in [5, 5.41) is 0.770. The molecular weight excluding hydrogens is 365 g/mol. The Balaban J connectivity index is 1.94. The van der Waals surface area contributed by atoms with E-state index in [0.717, 1.165) is 5.56 Å². The molecule has 0 aromatic heterocycles. The quantitative estimate of drug-likeness (QED) is 0.586. The number of cyclic esters (lactones) is 1. The van der Waals surface area contributed by atoms with Crippen LogP contribution in [0.2, 0.25) is 10.0 Å². The molecule has 3 rings (SSSR count). The lowest BCUT2D eigenvalue weighted by atomic mass is 10.1. The third-order valence-corrected chi connectivity index (χ3v) is 4.24. The van der Waals surface area contributed by atoms with Crippen LogP contribution < -0.4 is 9.47 Å². The molecule has 1 aliphatic rings. The minimum absolute atomic E-state index is 0.174. The van der Waals surface area contributed by atoms with Gasteiger partial charge in [-0.15, -0.1) is 0 Å². The Labute approximate surface area is 154 Å². The fourth-order valence-electron chi connectivity index (χ4n) is 2.26. The fourth-order valence-corrected chi connectivity index (χ4v) is 2.56. The summed E-state index contributed by atoms with van der Waals surface area (Å²) in [6.07, 6.45) is 1.61. The van der Waals surface area contributed by atoms with Crippen molar-refractivity contribution in [2.45, 2.75) is 0 Å². The van der Waals surface area contributed by atoms with Gasteiger partial charge in [0.1, 0.15) is 0 Å². The number of carbonyl (C=O) groups excluding carboxylic acids is 1. The maximum atomic E-state index is 12.1. The van der Waals surface area contributed by atoms with Crippen molar-refractivity contribution in [2.24, 2.45) is 4.99 Å². The van der Waals surface area contributed by atoms with Gasteiger partial charge in [0, 0.05) is 5.56 Å². The molecule has 7 heteroatoms. The van der Waals surface area contributed by atoms with Crippen LogP contribution in [0, 0.1) is 0 Å². The lowest BCUT2D eigenvalue weighted by Gasteiger charge is -2.07. The fraction of sp³-hybridized carbons (Fsp3) is 0.111. The maximum Gasteiger partial charge on any atom is 0.363 e. The van der Waals surface area contributed by atoms with Gasteiger partial charge in [0.05, 0.1) is 24.3 Å². The van der Waals surface area contributed by atoms with Crippen molar-refractivity contribution < 1.29 is 19.0 Å². The molecule has 0 saturated carbocycles. The molecule has 0 spiro atoms. The van der Waals surface area contributed by atoms with E-state index in [9.17, 15) is 4.79 Å². The topological polar surface area (TPSA) is 57.1 Å². The summed E-state index contributed by atoms with van der Waals surface area (Å²) in [4.78, 5) is 16.3. The molecule has 0 fully saturated rings. The zero-order valence-corrected chi connectivity index (χ0v) is 14.9. The number of esters is 1. The number of ether oxygens (including phenoxy) is 3. The van der Waals surface area contributed by atoms with Crippen molar-refractivity contribution in [1.82, 2.24) is 0 Å². The van der Waals surface area contributed by atoms with E-state index >= 15 is 0 Å². The summed E-state index contributed by atoms with van der Waals surface area (Å²) < 4.78 is 15.7. The average molecular weight is 378 g/mol. The highest BCUT2D eigenvalue weighted by atomic mass is 35.5. The minimum Gasteiger partial charge on any atom is -0.493 e. The number of nitrogens with zero attached hydrogens (tertiary/aromatic N) is 1. The Morgan fingerprint density at radius 3 is 2.44 bits per heavy atom. The highest BCUT2D eigenvalue weighted by Gasteiger charge is 2.24. The van der Waals surface area contributed by atoms with Crippen LogP contribution >= 0.6 is 23.2 Å². The first kappa shape index (κ1) is 17.3. The van der Waals surface area contributed by atoms with Crippen molar-refractivity contribution >= 4 is 41.1 Å². The monoisotopic (exact) mass is 377 g/mol. The zero-order valence-electron chi connectivity index (χ0n) is 13.4. The van der Waals surface area contributed by atoms with Crippen LogP contribution in [0.3, 0.4) is 0 Å². The number of benzene rings is 2. The van der Waals surface area contributed by atoms with Crippen molar-refractivity contribution in [2.75, 3.05) is 14.2 Å². The predicted octanol–water partition coefficient (Wildman–Crippen LogP) is 4.36. The summed E-state index contributed by atoms with van der Waals surface area (Å²) in [5.41, 5.74) is 1.47. The summed E-state index contributed by atoms with van der Waals surface area (Å²) in [6.45, 7) is 0. The zero-order chi connectivity index (χ0) is 18.0. The van der Waals surface area contributed by atoms with Gasteiger partial charge in [-0.25, -0.2) is 9.79 Å². The first-order valence-electron chi connectivity index (χ1n) is 7.22. The third-order valence-electron chi connectivity index (χ3n) is 3.50. The predicted molar refractivity (Wildman–Crippen MR) is 96.6 cm³/mol. The maximum absolute atomic E-state index is 12.1. The highest BCUT2D eigenvalue weighted by Crippen LogP contribution is 2.30. The number of hydrogen-bond acceptors (Lipinski definition) is 5. The first-order chi connectivity index (χ1) is 12.0. The molecular formula is C18H13Cl2NO4. The highest BCUT2D eigenvalue weighted by molar-refractivity contribution is 6.42. The van der Waals surface area contributed by atoms with Crippen molar-refractivity contribution in [1.29, 1.82) is 0 Å². The molecule has 0 N–H and O–H groups in total. The summed E-state index contributed by atoms with van der Waals surface area (Å²) in [6, 6.07) is 10.2. The number of halogens is 2. The molecule has 0 aliphatic carbocycles. The van der Waals surface area contributed by atoms with E-state index in [2.05, 4.69) is 4.99 Å². The molecule has 0 atom stereocenters. The number of aliphatic imine (C=N–C) groups is 1. The van der Waals surface area contributed by atoms with Gasteiger partial charge in [0.15, 0.2) is 17.2 Å². The normalized spacial score (nSPS) is 15.1. The number of hydrogen-bond donors (Lipinski definition) is 0. The first-order valence-corrected chi connectivity index (χ1v) is 7.97. The van der Waals surface area contributed by atoms with Crippen molar-refractivity contribution in [3.63, 3.8) is 0 Å². The van der Waals surface area contributed by atoms with Crippen molar-refractivity contribution in [3.8, 4) is 11.5 Å². The summed E-state index contributed by atoms with van der Waals surface area (Å²) >= 11 is 11.9. The Kier molecular flexibility index (Phi) is 4.97. The molecule has 1 aliphatic heterocycles. The second-order valence-electron chi connectivity index (χ2n) is 5.08. The molecule has 0 saturated heterocycles. The van der Waals surface area contributed by atoms with Gasteiger partial charge in [-0.1, -0.05) is 29.3 Å². The van der Waals surface area contributed by atoms with E-state index in [0.29, 0.717) is 27.1 Å². The molecule has 0 bridgehead atoms. The molecule has 1 heterocycles. The Bertz CT molecular complexity index is 906. The molecule has 128 valence electrons. The largest absolute Gasteiger partial charge is 0.493 e. The molecule has 5 nitrogen and oxygen atoms in total. The molecule has 2 aromatic rings. The molecule has 0 radical (unpaired) electrons. The van der Waals surface area contributed by atoms with Gasteiger partial charge < -0.3 is 14.2 Å². The number of rotatable bonds is 4. The smallest absolute Gasteiger partial charge is 0.363 e. The third kappa shape index (κ3) is 3.62. The van der Waals surface area contributed by atoms with Gasteiger partial charge in [-0.2, -0.15) is 0 Å². The second kappa shape index (κ2) is 7.17. The SMILES string of the molecule is COc1ccc(/C=C2/N=C(c3ccc(Cl)c(Cl)c3)OC2=O)cc1OC. The molecule has 25 heavy (non-hydrogen) atoms. The Hall–Kier alpha value is -2.50. The van der Waals surface area contributed by atoms with Crippen LogP contribution in [0.25, 0.3) is 6.08 Å². The van der Waals surface area contributed by atoms with Crippen LogP contribution in [0.5, 0.6) is 11.5 Å². The van der Waals surface area contributed by atoms with Gasteiger partial charge in [-0.3, -0.25) is 0 Å². The molecule has 0 amide bonds. The van der Waals surface area contributed by atoms with E-state index in [1.807, 2.05) is 0 Å². The van der Waals surface area contributed by atoms with Gasteiger partial charge >= 0.3 is 5.97 Å². The van der Waals surface area contributed by atoms with Crippen LogP contribution in [-0.4, -0.2) is 26.1 Å². The molecule has 2 aromatic carbocycles. The van der Waals surface area contributed by atoms with Crippen LogP contribution in [-0.2, 0) is 9.53 Å². The van der Waals surface area contributed by atoms with E-state index in [1.165, 1.54) is 0 Å². The van der Waals surface area contributed by atoms with E-state index < -0.39 is 5.97 Å². The van der Waals surface area contributed by atoms with Crippen molar-refractivity contribution in [3.05, 3.63) is 63.3 Å². The lowest BCUT2D eigenvalue weighted by Crippen LogP contribution is -2.05. The summed E-state index contributed by atoms with van der Waals surface area (Å²) in [5.74, 6) is 0.779. The van der Waals surface area contributed by atoms with Gasteiger partial charge in [0.2, 0.25) is 5.90 Å². The van der Waals surface area contributed by atoms with Gasteiger partial charge in [-0.05, 0) is 42.0 Å². The number of carbonyl (C=O) groups is 1. The Morgan fingerprint density at radius 1 is 1.00 bits per heavy atom. The number of methoxy groups -OCH3 is 2. The second-order valence-corrected chi connectivity index (χ2v) is 5.89. The average Bonchev–Trinajstić information content (AvgIpc) is 2.97. The van der Waals surface area contributed by atoms with E-state index in [1.54, 1.807) is 56.7 Å². The van der Waals surface area contributed by atoms with Crippen LogP contribution in [0.15, 0.2) is 47.1 Å². The van der Waals surface area contributed by atoms with E-state index in [4.69, 9.17) is 37.4 Å². The molecule has 0 unspecified atom stereocenters. The standard InChI is InChI=1S/C18H13Cl2NO4/c1-23-15-6-3-10(8-16(15)24-2)7-14-18(22)25-17(21-14)11-4-5-12(19)13(20)9-11/h3-9H,1-2H3/b14-7+. The van der Waals surface area contributed by atoms with Gasteiger partial charge in [0.25, 0.3) is 0 Å². The van der Waals surface area contributed by atoms with Crippen LogP contribution in [0.1, 0.15) is 11.1 Å². The lowest BCUT2D eigenvalue weighted by molar-refractivity contribution is -0.129. The Morgan fingerprint density at radius 2 is 1.76 bits per heavy atom. The summed E-state index contributed by atoms with van der Waals surface area (Å²) in [7, 11) is 3.09. The van der Waals surface area contributed by atoms with E-state index in [-0.39, 0.29) is 11.6 Å².